The molecule has 1 aromatic carbocycles. The number of hydrogen-bond acceptors (Lipinski definition) is 4. The van der Waals surface area contributed by atoms with Crippen LogP contribution in [0.25, 0.3) is 16.7 Å². The number of aryl methyl sites for hydroxylation is 1. The number of rotatable bonds is 3. The molecule has 2 aromatic heterocycles. The smallest absolute Gasteiger partial charge is 0.264 e. The average Bonchev–Trinajstić information content (AvgIpc) is 2.92. The van der Waals surface area contributed by atoms with Crippen molar-refractivity contribution in [2.75, 3.05) is 0 Å². The van der Waals surface area contributed by atoms with Gasteiger partial charge < -0.3 is 0 Å². The molecule has 0 saturated carbocycles. The monoisotopic (exact) mass is 265 g/mol. The Balaban J connectivity index is 2.14. The van der Waals surface area contributed by atoms with Crippen molar-refractivity contribution in [2.24, 2.45) is 0 Å². The van der Waals surface area contributed by atoms with Crippen molar-refractivity contribution in [3.05, 3.63) is 53.2 Å². The number of hydrogen-bond donors (Lipinski definition) is 0. The molecule has 0 spiro atoms. The lowest BCUT2D eigenvalue weighted by Crippen LogP contribution is -2.20. The van der Waals surface area contributed by atoms with Crippen molar-refractivity contribution in [3.8, 4) is 11.8 Å². The van der Waals surface area contributed by atoms with E-state index in [2.05, 4.69) is 10.1 Å². The molecule has 3 aromatic rings. The van der Waals surface area contributed by atoms with Crippen LogP contribution in [0.4, 0.5) is 0 Å². The van der Waals surface area contributed by atoms with Crippen molar-refractivity contribution < 1.29 is 0 Å². The molecule has 0 fully saturated rings. The minimum absolute atomic E-state index is 0.174. The van der Waals surface area contributed by atoms with E-state index in [9.17, 15) is 4.79 Å². The Morgan fingerprint density at radius 2 is 2.05 bits per heavy atom. The fraction of sp³-hybridized carbons (Fsp3) is 0.143. The van der Waals surface area contributed by atoms with Gasteiger partial charge in [-0.2, -0.15) is 10.4 Å². The minimum atomic E-state index is -0.174. The minimum Gasteiger partial charge on any atom is -0.298 e. The fourth-order valence-electron chi connectivity index (χ4n) is 2.04. The van der Waals surface area contributed by atoms with Crippen LogP contribution in [0.5, 0.6) is 0 Å². The Hall–Kier alpha value is -2.94. The molecule has 0 aliphatic rings. The van der Waals surface area contributed by atoms with Gasteiger partial charge in [0.05, 0.1) is 24.4 Å². The number of benzene rings is 1. The Labute approximate surface area is 114 Å². The largest absolute Gasteiger partial charge is 0.298 e. The highest BCUT2D eigenvalue weighted by Crippen LogP contribution is 2.12. The van der Waals surface area contributed by atoms with E-state index in [1.807, 2.05) is 36.4 Å². The molecule has 0 atom stereocenters. The number of para-hydroxylation sites is 1. The van der Waals surface area contributed by atoms with E-state index >= 15 is 0 Å². The van der Waals surface area contributed by atoms with E-state index in [0.717, 1.165) is 5.69 Å². The van der Waals surface area contributed by atoms with Crippen LogP contribution in [0.15, 0.2) is 47.7 Å². The predicted molar refractivity (Wildman–Crippen MR) is 73.4 cm³/mol. The van der Waals surface area contributed by atoms with Crippen molar-refractivity contribution in [3.63, 3.8) is 0 Å². The van der Waals surface area contributed by atoms with E-state index in [-0.39, 0.29) is 12.0 Å². The third kappa shape index (κ3) is 1.95. The van der Waals surface area contributed by atoms with Gasteiger partial charge in [0.15, 0.2) is 5.65 Å². The van der Waals surface area contributed by atoms with E-state index in [4.69, 9.17) is 5.26 Å². The van der Waals surface area contributed by atoms with Crippen LogP contribution < -0.4 is 5.56 Å². The van der Waals surface area contributed by atoms with Gasteiger partial charge in [0.1, 0.15) is 11.7 Å². The van der Waals surface area contributed by atoms with Crippen molar-refractivity contribution in [1.29, 1.82) is 5.26 Å². The number of fused-ring (bicyclic) bond motifs is 1. The summed E-state index contributed by atoms with van der Waals surface area (Å²) in [6, 6.07) is 11.5. The summed E-state index contributed by atoms with van der Waals surface area (Å²) >= 11 is 0. The third-order valence-electron chi connectivity index (χ3n) is 3.02. The van der Waals surface area contributed by atoms with E-state index in [1.54, 1.807) is 4.68 Å². The topological polar surface area (TPSA) is 76.5 Å². The first-order chi connectivity index (χ1) is 9.81. The second kappa shape index (κ2) is 4.97. The Morgan fingerprint density at radius 1 is 1.25 bits per heavy atom. The van der Waals surface area contributed by atoms with Gasteiger partial charge in [0.2, 0.25) is 0 Å². The molecule has 98 valence electrons. The number of nitriles is 1. The van der Waals surface area contributed by atoms with Crippen LogP contribution in [0.3, 0.4) is 0 Å². The molecule has 0 aliphatic carbocycles. The molecule has 6 nitrogen and oxygen atoms in total. The van der Waals surface area contributed by atoms with Crippen LogP contribution >= 0.6 is 0 Å². The Kier molecular flexibility index (Phi) is 3.01. The summed E-state index contributed by atoms with van der Waals surface area (Å²) in [6.45, 7) is 0.342. The number of nitrogens with zero attached hydrogens (tertiary/aromatic N) is 5. The SMILES string of the molecule is N#CCCn1cnc2c(cnn2-c2ccccc2)c1=O. The molecule has 0 N–H and O–H groups in total. The predicted octanol–water partition coefficient (Wildman–Crippen LogP) is 1.50. The first-order valence-corrected chi connectivity index (χ1v) is 6.17. The van der Waals surface area contributed by atoms with Crippen LogP contribution in [-0.4, -0.2) is 19.3 Å². The lowest BCUT2D eigenvalue weighted by atomic mass is 10.3. The lowest BCUT2D eigenvalue weighted by Gasteiger charge is -2.04. The first kappa shape index (κ1) is 12.1. The van der Waals surface area contributed by atoms with E-state index in [0.29, 0.717) is 17.6 Å². The van der Waals surface area contributed by atoms with E-state index < -0.39 is 0 Å². The van der Waals surface area contributed by atoms with Gasteiger partial charge in [0.25, 0.3) is 5.56 Å². The highest BCUT2D eigenvalue weighted by atomic mass is 16.1. The summed E-state index contributed by atoms with van der Waals surface area (Å²) < 4.78 is 3.06. The third-order valence-corrected chi connectivity index (χ3v) is 3.02. The van der Waals surface area contributed by atoms with Crippen molar-refractivity contribution in [2.45, 2.75) is 13.0 Å². The van der Waals surface area contributed by atoms with Crippen molar-refractivity contribution in [1.82, 2.24) is 19.3 Å². The molecule has 3 rings (SSSR count). The van der Waals surface area contributed by atoms with Gasteiger partial charge in [0, 0.05) is 6.54 Å². The van der Waals surface area contributed by atoms with Gasteiger partial charge in [-0.1, -0.05) is 18.2 Å². The number of aromatic nitrogens is 4. The van der Waals surface area contributed by atoms with Crippen LogP contribution in [-0.2, 0) is 6.54 Å². The fourth-order valence-corrected chi connectivity index (χ4v) is 2.04. The highest BCUT2D eigenvalue weighted by molar-refractivity contribution is 5.74. The average molecular weight is 265 g/mol. The van der Waals surface area contributed by atoms with Gasteiger partial charge in [-0.05, 0) is 12.1 Å². The second-order valence-corrected chi connectivity index (χ2v) is 4.28. The summed E-state index contributed by atoms with van der Waals surface area (Å²) in [6.07, 6.45) is 3.25. The second-order valence-electron chi connectivity index (χ2n) is 4.28. The Morgan fingerprint density at radius 3 is 2.80 bits per heavy atom. The van der Waals surface area contributed by atoms with Gasteiger partial charge in [-0.15, -0.1) is 0 Å². The lowest BCUT2D eigenvalue weighted by molar-refractivity contribution is 0.677. The molecule has 0 bridgehead atoms. The first-order valence-electron chi connectivity index (χ1n) is 6.17. The van der Waals surface area contributed by atoms with E-state index in [1.165, 1.54) is 17.1 Å². The van der Waals surface area contributed by atoms with Gasteiger partial charge in [-0.3, -0.25) is 9.36 Å². The summed E-state index contributed by atoms with van der Waals surface area (Å²) in [7, 11) is 0. The molecular formula is C14H11N5O. The van der Waals surface area contributed by atoms with Gasteiger partial charge in [-0.25, -0.2) is 9.67 Å². The zero-order valence-corrected chi connectivity index (χ0v) is 10.6. The molecule has 0 amide bonds. The van der Waals surface area contributed by atoms with Crippen LogP contribution in [0, 0.1) is 11.3 Å². The molecule has 0 saturated heterocycles. The quantitative estimate of drug-likeness (QED) is 0.719. The molecule has 20 heavy (non-hydrogen) atoms. The highest BCUT2D eigenvalue weighted by Gasteiger charge is 2.10. The molecule has 0 radical (unpaired) electrons. The Bertz CT molecular complexity index is 841. The normalized spacial score (nSPS) is 10.6. The van der Waals surface area contributed by atoms with Crippen molar-refractivity contribution >= 4 is 11.0 Å². The maximum Gasteiger partial charge on any atom is 0.264 e. The zero-order chi connectivity index (χ0) is 13.9. The maximum atomic E-state index is 12.2. The van der Waals surface area contributed by atoms with Gasteiger partial charge >= 0.3 is 0 Å². The molecule has 0 unspecified atom stereocenters. The zero-order valence-electron chi connectivity index (χ0n) is 10.6. The molecule has 0 aliphatic heterocycles. The summed E-state index contributed by atoms with van der Waals surface area (Å²) in [5, 5.41) is 13.3. The summed E-state index contributed by atoms with van der Waals surface area (Å²) in [5.74, 6) is 0. The molecule has 2 heterocycles. The summed E-state index contributed by atoms with van der Waals surface area (Å²) in [5.41, 5.74) is 1.20. The standard InChI is InChI=1S/C14H11N5O/c15-7-4-8-18-10-16-13-12(14(18)20)9-17-19(13)11-5-2-1-3-6-11/h1-3,5-6,9-10H,4,8H2. The summed E-state index contributed by atoms with van der Waals surface area (Å²) in [4.78, 5) is 16.5. The van der Waals surface area contributed by atoms with Crippen LogP contribution in [0.1, 0.15) is 6.42 Å². The molecular weight excluding hydrogens is 254 g/mol. The molecule has 6 heteroatoms. The van der Waals surface area contributed by atoms with Crippen LogP contribution in [0.2, 0.25) is 0 Å². The maximum absolute atomic E-state index is 12.2.